The van der Waals surface area contributed by atoms with Crippen LogP contribution in [-0.2, 0) is 21.2 Å². The van der Waals surface area contributed by atoms with Crippen molar-refractivity contribution in [2.45, 2.75) is 62.8 Å². The van der Waals surface area contributed by atoms with Crippen LogP contribution in [0, 0.1) is 16.0 Å². The highest BCUT2D eigenvalue weighted by Gasteiger charge is 2.35. The van der Waals surface area contributed by atoms with Gasteiger partial charge in [-0.3, -0.25) is 14.4 Å². The Kier molecular flexibility index (Phi) is 7.73. The Hall–Kier alpha value is -2.65. The Labute approximate surface area is 201 Å². The standard InChI is InChI=1S/C25H33N3O5S/c1-2-19-7-9-22(10-8-19)27(21-5-3-4-6-21)34(31,32)23-11-12-24(25(17-23)28(29)30)26-18-20-13-15-33-16-14-20/h7-12,17,20-21,26H,2-6,13-16,18H2,1H3. The molecule has 0 spiro atoms. The van der Waals surface area contributed by atoms with Gasteiger partial charge in [0.25, 0.3) is 15.7 Å². The van der Waals surface area contributed by atoms with Crippen LogP contribution in [0.5, 0.6) is 0 Å². The van der Waals surface area contributed by atoms with Gasteiger partial charge in [0.05, 0.1) is 15.5 Å². The first-order valence-corrected chi connectivity index (χ1v) is 13.6. The molecule has 0 amide bonds. The summed E-state index contributed by atoms with van der Waals surface area (Å²) in [6, 6.07) is 11.6. The number of benzene rings is 2. The molecule has 9 heteroatoms. The highest BCUT2D eigenvalue weighted by atomic mass is 32.2. The fourth-order valence-corrected chi connectivity index (χ4v) is 6.58. The Balaban J connectivity index is 1.65. The molecule has 1 N–H and O–H groups in total. The molecular formula is C25H33N3O5S. The van der Waals surface area contributed by atoms with Gasteiger partial charge in [0.15, 0.2) is 0 Å². The molecule has 1 saturated carbocycles. The molecule has 1 aliphatic heterocycles. The lowest BCUT2D eigenvalue weighted by atomic mass is 10.0. The van der Waals surface area contributed by atoms with E-state index in [1.54, 1.807) is 0 Å². The molecule has 0 radical (unpaired) electrons. The van der Waals surface area contributed by atoms with Crippen molar-refractivity contribution in [2.75, 3.05) is 29.4 Å². The minimum atomic E-state index is -3.98. The molecule has 2 aromatic carbocycles. The van der Waals surface area contributed by atoms with Crippen molar-refractivity contribution in [2.24, 2.45) is 5.92 Å². The van der Waals surface area contributed by atoms with Crippen LogP contribution < -0.4 is 9.62 Å². The third-order valence-electron chi connectivity index (χ3n) is 6.90. The normalized spacial score (nSPS) is 17.6. The molecule has 4 rings (SSSR count). The number of nitrogens with zero attached hydrogens (tertiary/aromatic N) is 2. The Morgan fingerprint density at radius 1 is 1.06 bits per heavy atom. The van der Waals surface area contributed by atoms with E-state index >= 15 is 0 Å². The Morgan fingerprint density at radius 2 is 1.74 bits per heavy atom. The highest BCUT2D eigenvalue weighted by molar-refractivity contribution is 7.92. The summed E-state index contributed by atoms with van der Waals surface area (Å²) in [4.78, 5) is 11.3. The third-order valence-corrected chi connectivity index (χ3v) is 8.78. The minimum Gasteiger partial charge on any atom is -0.381 e. The second-order valence-corrected chi connectivity index (χ2v) is 10.9. The van der Waals surface area contributed by atoms with Gasteiger partial charge in [0, 0.05) is 31.9 Å². The summed E-state index contributed by atoms with van der Waals surface area (Å²) in [6.07, 6.45) is 6.17. The van der Waals surface area contributed by atoms with Gasteiger partial charge in [-0.05, 0) is 67.9 Å². The first-order valence-electron chi connectivity index (χ1n) is 12.1. The van der Waals surface area contributed by atoms with E-state index in [1.807, 2.05) is 24.3 Å². The summed E-state index contributed by atoms with van der Waals surface area (Å²) in [5, 5.41) is 15.0. The molecule has 1 aliphatic carbocycles. The summed E-state index contributed by atoms with van der Waals surface area (Å²) in [5.41, 5.74) is 1.85. The quantitative estimate of drug-likeness (QED) is 0.388. The number of hydrogen-bond donors (Lipinski definition) is 1. The van der Waals surface area contributed by atoms with Crippen molar-refractivity contribution in [1.82, 2.24) is 0 Å². The predicted molar refractivity (Wildman–Crippen MR) is 133 cm³/mol. The fourth-order valence-electron chi connectivity index (χ4n) is 4.85. The van der Waals surface area contributed by atoms with Crippen molar-refractivity contribution in [3.8, 4) is 0 Å². The third kappa shape index (κ3) is 5.36. The zero-order valence-electron chi connectivity index (χ0n) is 19.6. The van der Waals surface area contributed by atoms with E-state index in [0.717, 1.165) is 50.5 Å². The van der Waals surface area contributed by atoms with Crippen LogP contribution in [0.4, 0.5) is 17.1 Å². The van der Waals surface area contributed by atoms with E-state index in [-0.39, 0.29) is 16.6 Å². The van der Waals surface area contributed by atoms with Gasteiger partial charge in [-0.2, -0.15) is 0 Å². The molecule has 34 heavy (non-hydrogen) atoms. The van der Waals surface area contributed by atoms with Gasteiger partial charge in [-0.25, -0.2) is 8.42 Å². The maximum atomic E-state index is 13.8. The summed E-state index contributed by atoms with van der Waals surface area (Å²) in [6.45, 7) is 4.04. The summed E-state index contributed by atoms with van der Waals surface area (Å²) >= 11 is 0. The second kappa shape index (κ2) is 10.7. The van der Waals surface area contributed by atoms with Gasteiger partial charge in [-0.1, -0.05) is 31.9 Å². The minimum absolute atomic E-state index is 0.0534. The monoisotopic (exact) mass is 487 g/mol. The first-order chi connectivity index (χ1) is 16.4. The number of nitro benzene ring substituents is 1. The van der Waals surface area contributed by atoms with Crippen LogP contribution in [0.2, 0.25) is 0 Å². The maximum Gasteiger partial charge on any atom is 0.293 e. The van der Waals surface area contributed by atoms with Crippen molar-refractivity contribution in [3.63, 3.8) is 0 Å². The lowest BCUT2D eigenvalue weighted by molar-refractivity contribution is -0.384. The van der Waals surface area contributed by atoms with Crippen LogP contribution in [0.15, 0.2) is 47.4 Å². The molecule has 2 aromatic rings. The van der Waals surface area contributed by atoms with Crippen molar-refractivity contribution < 1.29 is 18.1 Å². The van der Waals surface area contributed by atoms with E-state index in [9.17, 15) is 18.5 Å². The first kappa shape index (κ1) is 24.5. The summed E-state index contributed by atoms with van der Waals surface area (Å²) in [7, 11) is -3.98. The number of rotatable bonds is 9. The SMILES string of the molecule is CCc1ccc(N(C2CCCC2)S(=O)(=O)c2ccc(NCC3CCOCC3)c([N+](=O)[O-])c2)cc1. The molecule has 0 aromatic heterocycles. The van der Waals surface area contributed by atoms with E-state index in [2.05, 4.69) is 12.2 Å². The molecule has 1 saturated heterocycles. The maximum absolute atomic E-state index is 13.8. The van der Waals surface area contributed by atoms with Crippen molar-refractivity contribution in [3.05, 3.63) is 58.1 Å². The van der Waals surface area contributed by atoms with E-state index in [4.69, 9.17) is 4.74 Å². The number of nitrogens with one attached hydrogen (secondary N) is 1. The number of anilines is 2. The van der Waals surface area contributed by atoms with Gasteiger partial charge in [0.1, 0.15) is 5.69 Å². The zero-order valence-corrected chi connectivity index (χ0v) is 20.4. The average Bonchev–Trinajstić information content (AvgIpc) is 3.37. The lowest BCUT2D eigenvalue weighted by Gasteiger charge is -2.30. The van der Waals surface area contributed by atoms with Crippen molar-refractivity contribution >= 4 is 27.1 Å². The largest absolute Gasteiger partial charge is 0.381 e. The van der Waals surface area contributed by atoms with E-state index < -0.39 is 14.9 Å². The highest BCUT2D eigenvalue weighted by Crippen LogP contribution is 2.36. The molecule has 2 fully saturated rings. The Morgan fingerprint density at radius 3 is 2.35 bits per heavy atom. The van der Waals surface area contributed by atoms with Crippen LogP contribution in [0.3, 0.4) is 0 Å². The zero-order chi connectivity index (χ0) is 24.1. The number of ether oxygens (including phenoxy) is 1. The number of sulfonamides is 1. The molecule has 1 heterocycles. The van der Waals surface area contributed by atoms with E-state index in [1.165, 1.54) is 22.5 Å². The molecule has 0 bridgehead atoms. The fraction of sp³-hybridized carbons (Fsp3) is 0.520. The summed E-state index contributed by atoms with van der Waals surface area (Å²) in [5.74, 6) is 0.376. The van der Waals surface area contributed by atoms with Gasteiger partial charge in [0.2, 0.25) is 0 Å². The molecule has 0 atom stereocenters. The van der Waals surface area contributed by atoms with Crippen LogP contribution in [-0.4, -0.2) is 39.1 Å². The topological polar surface area (TPSA) is 102 Å². The predicted octanol–water partition coefficient (Wildman–Crippen LogP) is 5.13. The lowest BCUT2D eigenvalue weighted by Crippen LogP contribution is -2.39. The number of hydrogen-bond acceptors (Lipinski definition) is 6. The van der Waals surface area contributed by atoms with Crippen LogP contribution >= 0.6 is 0 Å². The molecule has 0 unspecified atom stereocenters. The Bertz CT molecular complexity index is 1090. The number of aryl methyl sites for hydroxylation is 1. The van der Waals surface area contributed by atoms with Gasteiger partial charge >= 0.3 is 0 Å². The van der Waals surface area contributed by atoms with E-state index in [0.29, 0.717) is 37.1 Å². The second-order valence-electron chi connectivity index (χ2n) is 9.13. The van der Waals surface area contributed by atoms with Gasteiger partial charge in [-0.15, -0.1) is 0 Å². The summed E-state index contributed by atoms with van der Waals surface area (Å²) < 4.78 is 34.5. The number of nitro groups is 1. The van der Waals surface area contributed by atoms with Crippen molar-refractivity contribution in [1.29, 1.82) is 0 Å². The molecule has 2 aliphatic rings. The average molecular weight is 488 g/mol. The molecule has 184 valence electrons. The van der Waals surface area contributed by atoms with Gasteiger partial charge < -0.3 is 10.1 Å². The van der Waals surface area contributed by atoms with Crippen LogP contribution in [0.25, 0.3) is 0 Å². The molecule has 8 nitrogen and oxygen atoms in total. The molecular weight excluding hydrogens is 454 g/mol. The smallest absolute Gasteiger partial charge is 0.293 e. The van der Waals surface area contributed by atoms with Crippen LogP contribution in [0.1, 0.15) is 51.0 Å².